The summed E-state index contributed by atoms with van der Waals surface area (Å²) in [7, 11) is -4.03. The highest BCUT2D eigenvalue weighted by atomic mass is 32.2. The molecule has 0 atom stereocenters. The van der Waals surface area contributed by atoms with E-state index in [-0.39, 0.29) is 35.5 Å². The van der Waals surface area contributed by atoms with Crippen molar-refractivity contribution in [3.63, 3.8) is 0 Å². The summed E-state index contributed by atoms with van der Waals surface area (Å²) >= 11 is 0. The molecule has 0 bridgehead atoms. The Morgan fingerprint density at radius 2 is 1.63 bits per heavy atom. The van der Waals surface area contributed by atoms with Gasteiger partial charge in [0, 0.05) is 29.7 Å². The molecule has 0 aromatic heterocycles. The Labute approximate surface area is 238 Å². The third-order valence-electron chi connectivity index (χ3n) is 8.26. The van der Waals surface area contributed by atoms with Crippen LogP contribution in [0, 0.1) is 17.3 Å². The van der Waals surface area contributed by atoms with Gasteiger partial charge in [0.1, 0.15) is 6.54 Å². The molecule has 0 saturated heterocycles. The molecule has 1 aromatic rings. The van der Waals surface area contributed by atoms with E-state index in [9.17, 15) is 39.6 Å². The molecule has 0 unspecified atom stereocenters. The van der Waals surface area contributed by atoms with E-state index in [2.05, 4.69) is 0 Å². The van der Waals surface area contributed by atoms with Crippen LogP contribution in [0.3, 0.4) is 0 Å². The van der Waals surface area contributed by atoms with Crippen molar-refractivity contribution in [1.82, 2.24) is 4.90 Å². The van der Waals surface area contributed by atoms with E-state index in [1.807, 2.05) is 20.8 Å². The minimum absolute atomic E-state index is 0.135. The Kier molecular flexibility index (Phi) is 9.53. The number of carbonyl (C=O) groups excluding carboxylic acids is 1. The molecule has 3 rings (SSSR count). The largest absolute Gasteiger partial charge is 0.416 e. The van der Waals surface area contributed by atoms with Crippen molar-refractivity contribution >= 4 is 15.6 Å². The van der Waals surface area contributed by atoms with Gasteiger partial charge in [0.25, 0.3) is 0 Å². The Bertz CT molecular complexity index is 1280. The summed E-state index contributed by atoms with van der Waals surface area (Å²) in [5.41, 5.74) is -0.707. The maximum absolute atomic E-state index is 13.3. The molecule has 1 aliphatic heterocycles. The predicted molar refractivity (Wildman–Crippen MR) is 146 cm³/mol. The molecular formula is C30H39F6NO3S. The monoisotopic (exact) mass is 607 g/mol. The summed E-state index contributed by atoms with van der Waals surface area (Å²) in [6.45, 7) is 7.64. The lowest BCUT2D eigenvalue weighted by atomic mass is 9.67. The fourth-order valence-corrected chi connectivity index (χ4v) is 7.44. The van der Waals surface area contributed by atoms with Gasteiger partial charge in [-0.1, -0.05) is 32.9 Å². The fraction of sp³-hybridized carbons (Fsp3) is 0.633. The van der Waals surface area contributed by atoms with Crippen LogP contribution >= 0.6 is 0 Å². The molecule has 1 heterocycles. The van der Waals surface area contributed by atoms with Crippen LogP contribution in [0.15, 0.2) is 52.6 Å². The maximum Gasteiger partial charge on any atom is 0.416 e. The number of rotatable bonds is 9. The number of hydrogen-bond donors (Lipinski definition) is 0. The molecule has 11 heteroatoms. The Balaban J connectivity index is 1.58. The number of carbonyl (C=O) groups is 1. The SMILES string of the molecule is CC(C)(C)C1=CC(C(=O)CCCC2CC(C(C)(C)S(=O)(=O)c3cccc(C(F)(F)F)c3)C2)=CCCN1CC(F)(F)F. The molecule has 1 aromatic carbocycles. The smallest absolute Gasteiger partial charge is 0.365 e. The summed E-state index contributed by atoms with van der Waals surface area (Å²) in [4.78, 5) is 13.9. The third kappa shape index (κ3) is 7.96. The first-order chi connectivity index (χ1) is 18.6. The molecule has 0 radical (unpaired) electrons. The van der Waals surface area contributed by atoms with Crippen molar-refractivity contribution in [3.05, 3.63) is 53.3 Å². The molecule has 1 fully saturated rings. The third-order valence-corrected chi connectivity index (χ3v) is 10.8. The number of hydrogen-bond acceptors (Lipinski definition) is 4. The molecule has 41 heavy (non-hydrogen) atoms. The lowest BCUT2D eigenvalue weighted by molar-refractivity contribution is -0.143. The Morgan fingerprint density at radius 3 is 2.20 bits per heavy atom. The lowest BCUT2D eigenvalue weighted by Gasteiger charge is -2.45. The number of halogens is 6. The standard InChI is InChI=1S/C30H39F6NO3S/c1-27(2,3)26-17-21(10-8-14-37(26)19-29(31,32)33)25(38)13-6-9-20-15-23(16-20)28(4,5)41(39,40)24-12-7-11-22(18-24)30(34,35)36/h7,10-12,17-18,20,23H,6,8-9,13-16,19H2,1-5H3. The number of allylic oxidation sites excluding steroid dienone is 3. The van der Waals surface area contributed by atoms with Gasteiger partial charge < -0.3 is 4.90 Å². The average molecular weight is 608 g/mol. The van der Waals surface area contributed by atoms with E-state index >= 15 is 0 Å². The minimum atomic E-state index is -4.64. The highest BCUT2D eigenvalue weighted by Gasteiger charge is 2.48. The number of sulfone groups is 1. The number of ketones is 1. The van der Waals surface area contributed by atoms with Gasteiger partial charge in [-0.05, 0) is 82.1 Å². The Hall–Kier alpha value is -2.30. The van der Waals surface area contributed by atoms with Crippen LogP contribution < -0.4 is 0 Å². The van der Waals surface area contributed by atoms with E-state index in [1.54, 1.807) is 26.0 Å². The molecular weight excluding hydrogens is 568 g/mol. The van der Waals surface area contributed by atoms with Crippen molar-refractivity contribution in [1.29, 1.82) is 0 Å². The molecule has 4 nitrogen and oxygen atoms in total. The van der Waals surface area contributed by atoms with E-state index < -0.39 is 44.5 Å². The van der Waals surface area contributed by atoms with E-state index in [1.165, 1.54) is 11.0 Å². The summed E-state index contributed by atoms with van der Waals surface area (Å²) in [5.74, 6) is -0.178. The van der Waals surface area contributed by atoms with Crippen LogP contribution in [0.2, 0.25) is 0 Å². The van der Waals surface area contributed by atoms with Crippen molar-refractivity contribution in [2.45, 2.75) is 95.1 Å². The fourth-order valence-electron chi connectivity index (χ4n) is 5.66. The van der Waals surface area contributed by atoms with Crippen LogP contribution in [-0.4, -0.2) is 43.1 Å². The molecule has 0 N–H and O–H groups in total. The second-order valence-corrected chi connectivity index (χ2v) is 15.3. The van der Waals surface area contributed by atoms with Gasteiger partial charge in [0.2, 0.25) is 0 Å². The minimum Gasteiger partial charge on any atom is -0.365 e. The summed E-state index contributed by atoms with van der Waals surface area (Å²) in [6, 6.07) is 3.82. The summed E-state index contributed by atoms with van der Waals surface area (Å²) in [6.07, 6.45) is -2.75. The first-order valence-electron chi connectivity index (χ1n) is 13.8. The molecule has 1 aliphatic carbocycles. The number of benzene rings is 1. The van der Waals surface area contributed by atoms with Crippen LogP contribution in [0.25, 0.3) is 0 Å². The lowest BCUT2D eigenvalue weighted by Crippen LogP contribution is -2.46. The predicted octanol–water partition coefficient (Wildman–Crippen LogP) is 8.15. The highest BCUT2D eigenvalue weighted by molar-refractivity contribution is 7.92. The zero-order chi connectivity index (χ0) is 31.0. The maximum atomic E-state index is 13.3. The van der Waals surface area contributed by atoms with Gasteiger partial charge in [-0.25, -0.2) is 8.42 Å². The molecule has 1 saturated carbocycles. The van der Waals surface area contributed by atoms with E-state index in [0.717, 1.165) is 12.1 Å². The average Bonchev–Trinajstić information content (AvgIpc) is 3.01. The summed E-state index contributed by atoms with van der Waals surface area (Å²) < 4.78 is 104. The molecule has 230 valence electrons. The zero-order valence-electron chi connectivity index (χ0n) is 24.1. The van der Waals surface area contributed by atoms with Crippen molar-refractivity contribution in [3.8, 4) is 0 Å². The second-order valence-electron chi connectivity index (χ2n) is 12.7. The summed E-state index contributed by atoms with van der Waals surface area (Å²) in [5, 5.41) is 0. The number of alkyl halides is 6. The zero-order valence-corrected chi connectivity index (χ0v) is 24.9. The number of nitrogens with zero attached hydrogens (tertiary/aromatic N) is 1. The molecule has 2 aliphatic rings. The van der Waals surface area contributed by atoms with E-state index in [4.69, 9.17) is 0 Å². The van der Waals surface area contributed by atoms with Gasteiger partial charge in [-0.3, -0.25) is 4.79 Å². The molecule has 0 amide bonds. The second kappa shape index (κ2) is 11.8. The quantitative estimate of drug-likeness (QED) is 0.266. The highest BCUT2D eigenvalue weighted by Crippen LogP contribution is 2.48. The first-order valence-corrected chi connectivity index (χ1v) is 15.3. The first kappa shape index (κ1) is 33.2. The van der Waals surface area contributed by atoms with E-state index in [0.29, 0.717) is 49.4 Å². The van der Waals surface area contributed by atoms with Gasteiger partial charge in [-0.2, -0.15) is 26.3 Å². The number of Topliss-reactive ketones (excluding diaryl/α,β-unsaturated/α-hetero) is 1. The van der Waals surface area contributed by atoms with Crippen LogP contribution in [0.4, 0.5) is 26.3 Å². The van der Waals surface area contributed by atoms with Crippen LogP contribution in [0.1, 0.15) is 78.7 Å². The van der Waals surface area contributed by atoms with Crippen molar-refractivity contribution < 1.29 is 39.6 Å². The van der Waals surface area contributed by atoms with Gasteiger partial charge >= 0.3 is 12.4 Å². The topological polar surface area (TPSA) is 54.5 Å². The van der Waals surface area contributed by atoms with Gasteiger partial charge in [0.05, 0.1) is 15.2 Å². The van der Waals surface area contributed by atoms with Crippen LogP contribution in [0.5, 0.6) is 0 Å². The molecule has 0 spiro atoms. The normalized spacial score (nSPS) is 21.1. The van der Waals surface area contributed by atoms with Gasteiger partial charge in [0.15, 0.2) is 15.6 Å². The Morgan fingerprint density at radius 1 is 1.00 bits per heavy atom. The van der Waals surface area contributed by atoms with Crippen molar-refractivity contribution in [2.75, 3.05) is 13.1 Å². The van der Waals surface area contributed by atoms with Crippen molar-refractivity contribution in [2.24, 2.45) is 17.3 Å². The van der Waals surface area contributed by atoms with Gasteiger partial charge in [-0.15, -0.1) is 0 Å². The van der Waals surface area contributed by atoms with Crippen LogP contribution in [-0.2, 0) is 20.8 Å².